The summed E-state index contributed by atoms with van der Waals surface area (Å²) in [6.45, 7) is 6.91. The van der Waals surface area contributed by atoms with Crippen molar-refractivity contribution in [3.8, 4) is 22.6 Å². The van der Waals surface area contributed by atoms with Crippen molar-refractivity contribution in [3.63, 3.8) is 0 Å². The predicted molar refractivity (Wildman–Crippen MR) is 142 cm³/mol. The highest BCUT2D eigenvalue weighted by Crippen LogP contribution is 2.38. The molecule has 0 N–H and O–H groups in total. The first-order chi connectivity index (χ1) is 18.6. The van der Waals surface area contributed by atoms with E-state index in [4.69, 9.17) is 9.98 Å². The average molecular weight is 531 g/mol. The van der Waals surface area contributed by atoms with E-state index in [-0.39, 0.29) is 24.0 Å². The number of guanidine groups is 1. The van der Waals surface area contributed by atoms with Crippen molar-refractivity contribution in [2.75, 3.05) is 18.0 Å². The second kappa shape index (κ2) is 9.07. The van der Waals surface area contributed by atoms with E-state index in [0.29, 0.717) is 53.1 Å². The largest absolute Gasteiger partial charge is 0.305 e. The van der Waals surface area contributed by atoms with Crippen LogP contribution in [0.1, 0.15) is 36.8 Å². The van der Waals surface area contributed by atoms with E-state index in [0.717, 1.165) is 12.1 Å². The highest BCUT2D eigenvalue weighted by atomic mass is 19.2. The van der Waals surface area contributed by atoms with Gasteiger partial charge in [-0.25, -0.2) is 23.1 Å². The quantitative estimate of drug-likeness (QED) is 0.342. The highest BCUT2D eigenvalue weighted by Gasteiger charge is 2.45. The summed E-state index contributed by atoms with van der Waals surface area (Å²) in [5, 5.41) is 0. The van der Waals surface area contributed by atoms with Gasteiger partial charge in [0, 0.05) is 23.9 Å². The van der Waals surface area contributed by atoms with E-state index in [1.165, 1.54) is 18.2 Å². The number of pyridine rings is 1. The summed E-state index contributed by atoms with van der Waals surface area (Å²) in [6, 6.07) is 13.4. The van der Waals surface area contributed by atoms with Gasteiger partial charge in [-0.1, -0.05) is 18.2 Å². The van der Waals surface area contributed by atoms with Crippen molar-refractivity contribution in [2.45, 2.75) is 32.9 Å². The molecule has 0 radical (unpaired) electrons. The first-order valence-corrected chi connectivity index (χ1v) is 12.6. The normalized spacial score (nSPS) is 15.8. The summed E-state index contributed by atoms with van der Waals surface area (Å²) in [4.78, 5) is 31.3. The molecule has 6 rings (SSSR count). The lowest BCUT2D eigenvalue weighted by Crippen LogP contribution is -2.51. The van der Waals surface area contributed by atoms with E-state index in [1.807, 2.05) is 30.2 Å². The van der Waals surface area contributed by atoms with E-state index >= 15 is 0 Å². The topological polar surface area (TPSA) is 66.6 Å². The molecule has 2 aromatic carbocycles. The zero-order valence-electron chi connectivity index (χ0n) is 21.6. The number of fused-ring (bicyclic) bond motifs is 3. The standard InChI is InChI=1S/C29H25F3N6O/c1-4-36-27(39)24-26(38-16-29(2,3)35-28(36)38)37(15-17-8-10-21(31)22(32)12-17)25(34-24)19-9-11-23(33-14-19)18-6-5-7-20(30)13-18/h5-14H,4,15-16H2,1-3H3. The molecule has 0 saturated heterocycles. The molecule has 4 aromatic rings. The van der Waals surface area contributed by atoms with E-state index in [9.17, 15) is 18.0 Å². The van der Waals surface area contributed by atoms with Gasteiger partial charge in [0.2, 0.25) is 5.96 Å². The third-order valence-electron chi connectivity index (χ3n) is 6.86. The number of carbonyl (C=O) groups excluding carboxylic acids is 1. The number of amides is 1. The van der Waals surface area contributed by atoms with Crippen LogP contribution in [-0.4, -0.2) is 49.9 Å². The Hall–Kier alpha value is -4.47. The summed E-state index contributed by atoms with van der Waals surface area (Å²) in [5.41, 5.74) is 2.11. The minimum atomic E-state index is -0.957. The van der Waals surface area contributed by atoms with Crippen LogP contribution >= 0.6 is 0 Å². The van der Waals surface area contributed by atoms with Crippen molar-refractivity contribution >= 4 is 17.7 Å². The summed E-state index contributed by atoms with van der Waals surface area (Å²) in [6.07, 6.45) is 1.61. The third-order valence-corrected chi connectivity index (χ3v) is 6.86. The van der Waals surface area contributed by atoms with Gasteiger partial charge in [0.15, 0.2) is 17.3 Å². The van der Waals surface area contributed by atoms with Crippen LogP contribution in [0.3, 0.4) is 0 Å². The molecule has 0 spiro atoms. The first-order valence-electron chi connectivity index (χ1n) is 12.6. The Kier molecular flexibility index (Phi) is 5.78. The minimum absolute atomic E-state index is 0.129. The van der Waals surface area contributed by atoms with Crippen LogP contribution in [-0.2, 0) is 6.54 Å². The number of aliphatic imine (C=N–C) groups is 1. The Morgan fingerprint density at radius 3 is 2.49 bits per heavy atom. The summed E-state index contributed by atoms with van der Waals surface area (Å²) >= 11 is 0. The number of carbonyl (C=O) groups is 1. The number of anilines is 1. The van der Waals surface area contributed by atoms with Crippen LogP contribution < -0.4 is 4.90 Å². The van der Waals surface area contributed by atoms with Crippen LogP contribution in [0, 0.1) is 17.5 Å². The van der Waals surface area contributed by atoms with Gasteiger partial charge >= 0.3 is 0 Å². The number of hydrogen-bond donors (Lipinski definition) is 0. The summed E-state index contributed by atoms with van der Waals surface area (Å²) in [5.74, 6) is -1.01. The fourth-order valence-electron chi connectivity index (χ4n) is 5.10. The van der Waals surface area contributed by atoms with Crippen LogP contribution in [0.2, 0.25) is 0 Å². The fourth-order valence-corrected chi connectivity index (χ4v) is 5.10. The SMILES string of the molecule is CCN1C(=O)c2nc(-c3ccc(-c4cccc(F)c4)nc3)n(Cc3ccc(F)c(F)c3)c2N2CC(C)(C)N=C12. The summed E-state index contributed by atoms with van der Waals surface area (Å²) in [7, 11) is 0. The highest BCUT2D eigenvalue weighted by molar-refractivity contribution is 6.18. The lowest BCUT2D eigenvalue weighted by Gasteiger charge is -2.34. The molecule has 0 unspecified atom stereocenters. The number of halogens is 3. The molecule has 0 aliphatic carbocycles. The molecule has 0 fully saturated rings. The van der Waals surface area contributed by atoms with Crippen LogP contribution in [0.25, 0.3) is 22.6 Å². The number of rotatable bonds is 5. The molecule has 4 heterocycles. The Bertz CT molecular complexity index is 1640. The molecular formula is C29H25F3N6O. The van der Waals surface area contributed by atoms with Crippen LogP contribution in [0.15, 0.2) is 65.8 Å². The molecule has 7 nitrogen and oxygen atoms in total. The first kappa shape index (κ1) is 24.8. The van der Waals surface area contributed by atoms with Crippen LogP contribution in [0.5, 0.6) is 0 Å². The van der Waals surface area contributed by atoms with Gasteiger partial charge in [0.1, 0.15) is 17.5 Å². The monoisotopic (exact) mass is 530 g/mol. The number of nitrogens with zero attached hydrogens (tertiary/aromatic N) is 6. The van der Waals surface area contributed by atoms with Crippen LogP contribution in [0.4, 0.5) is 19.0 Å². The predicted octanol–water partition coefficient (Wildman–Crippen LogP) is 5.51. The maximum atomic E-state index is 14.2. The van der Waals surface area contributed by atoms with Crippen molar-refractivity contribution in [1.29, 1.82) is 0 Å². The van der Waals surface area contributed by atoms with Gasteiger partial charge in [0.05, 0.1) is 24.3 Å². The molecule has 0 atom stereocenters. The maximum Gasteiger partial charge on any atom is 0.283 e. The lowest BCUT2D eigenvalue weighted by molar-refractivity contribution is 0.0841. The molecule has 10 heteroatoms. The zero-order chi connectivity index (χ0) is 27.5. The van der Waals surface area contributed by atoms with Gasteiger partial charge in [0.25, 0.3) is 5.91 Å². The van der Waals surface area contributed by atoms with Crippen molar-refractivity contribution < 1.29 is 18.0 Å². The van der Waals surface area contributed by atoms with E-state index in [1.54, 1.807) is 35.4 Å². The molecule has 2 aliphatic heterocycles. The van der Waals surface area contributed by atoms with Gasteiger partial charge in [-0.05, 0) is 62.7 Å². The molecule has 1 amide bonds. The van der Waals surface area contributed by atoms with E-state index in [2.05, 4.69) is 4.98 Å². The smallest absolute Gasteiger partial charge is 0.283 e. The van der Waals surface area contributed by atoms with Crippen molar-refractivity contribution in [1.82, 2.24) is 19.4 Å². The Labute approximate surface area is 223 Å². The molecule has 2 aromatic heterocycles. The Balaban J connectivity index is 1.51. The van der Waals surface area contributed by atoms with Gasteiger partial charge in [-0.2, -0.15) is 0 Å². The number of aromatic nitrogens is 3. The third kappa shape index (κ3) is 4.25. The second-order valence-corrected chi connectivity index (χ2v) is 10.2. The lowest BCUT2D eigenvalue weighted by atomic mass is 10.1. The second-order valence-electron chi connectivity index (χ2n) is 10.2. The number of imidazole rings is 1. The Morgan fingerprint density at radius 1 is 0.974 bits per heavy atom. The van der Waals surface area contributed by atoms with Gasteiger partial charge in [-0.3, -0.25) is 19.6 Å². The molecule has 39 heavy (non-hydrogen) atoms. The molecule has 198 valence electrons. The van der Waals surface area contributed by atoms with Crippen molar-refractivity contribution in [3.05, 3.63) is 89.5 Å². The minimum Gasteiger partial charge on any atom is -0.305 e. The zero-order valence-corrected chi connectivity index (χ0v) is 21.6. The number of hydrogen-bond acceptors (Lipinski definition) is 5. The van der Waals surface area contributed by atoms with Gasteiger partial charge < -0.3 is 4.57 Å². The van der Waals surface area contributed by atoms with Gasteiger partial charge in [-0.15, -0.1) is 0 Å². The molecule has 0 saturated carbocycles. The summed E-state index contributed by atoms with van der Waals surface area (Å²) < 4.78 is 43.4. The van der Waals surface area contributed by atoms with E-state index < -0.39 is 17.2 Å². The average Bonchev–Trinajstić information content (AvgIpc) is 3.43. The fraction of sp³-hybridized carbons (Fsp3) is 0.241. The Morgan fingerprint density at radius 2 is 1.79 bits per heavy atom. The molecule has 0 bridgehead atoms. The number of benzene rings is 2. The molecular weight excluding hydrogens is 505 g/mol. The van der Waals surface area contributed by atoms with Crippen molar-refractivity contribution in [2.24, 2.45) is 4.99 Å². The maximum absolute atomic E-state index is 14.2. The molecule has 2 aliphatic rings.